The van der Waals surface area contributed by atoms with Crippen LogP contribution >= 0.6 is 23.2 Å². The maximum atomic E-state index is 13.4. The smallest absolute Gasteiger partial charge is 0.368 e. The van der Waals surface area contributed by atoms with Gasteiger partial charge in [-0.05, 0) is 12.1 Å². The van der Waals surface area contributed by atoms with Gasteiger partial charge in [-0.2, -0.15) is 31.4 Å². The normalized spacial score (nSPS) is 19.5. The Morgan fingerprint density at radius 2 is 1.43 bits per heavy atom. The monoisotopic (exact) mass is 451 g/mol. The second-order valence-electron chi connectivity index (χ2n) is 5.56. The molecule has 0 aromatic heterocycles. The maximum Gasteiger partial charge on any atom is 0.432 e. The number of hydrogen-bond acceptors (Lipinski definition) is 5. The number of carbonyl (C=O) groups is 2. The highest BCUT2D eigenvalue weighted by Gasteiger charge is 2.67. The molecule has 0 saturated heterocycles. The number of rotatable bonds is 3. The zero-order chi connectivity index (χ0) is 21.8. The molecular formula is C13H9Cl2F6N5O2. The summed E-state index contributed by atoms with van der Waals surface area (Å²) in [4.78, 5) is 23.6. The molecule has 1 aromatic rings. The summed E-state index contributed by atoms with van der Waals surface area (Å²) in [5.41, 5.74) is 8.13. The van der Waals surface area contributed by atoms with E-state index in [4.69, 9.17) is 40.4 Å². The molecule has 1 atom stereocenters. The van der Waals surface area contributed by atoms with Gasteiger partial charge in [0.25, 0.3) is 0 Å². The van der Waals surface area contributed by atoms with Gasteiger partial charge in [-0.15, -0.1) is 0 Å². The van der Waals surface area contributed by atoms with Gasteiger partial charge in [0.1, 0.15) is 6.17 Å². The molecule has 6 N–H and O–H groups in total. The average molecular weight is 452 g/mol. The minimum absolute atomic E-state index is 0.184. The van der Waals surface area contributed by atoms with Crippen molar-refractivity contribution in [1.82, 2.24) is 0 Å². The van der Waals surface area contributed by atoms with Gasteiger partial charge in [-0.1, -0.05) is 23.2 Å². The number of halogens is 8. The number of benzene rings is 1. The van der Waals surface area contributed by atoms with Crippen molar-refractivity contribution in [2.45, 2.75) is 18.5 Å². The van der Waals surface area contributed by atoms with E-state index in [-0.39, 0.29) is 5.01 Å². The lowest BCUT2D eigenvalue weighted by Gasteiger charge is -2.31. The molecular weight excluding hydrogens is 443 g/mol. The number of primary amides is 2. The van der Waals surface area contributed by atoms with E-state index in [0.29, 0.717) is 12.1 Å². The second kappa shape index (κ2) is 6.67. The fraction of sp³-hybridized carbons (Fsp3) is 0.308. The van der Waals surface area contributed by atoms with E-state index >= 15 is 0 Å². The number of nitrogens with two attached hydrogens (primary N) is 3. The van der Waals surface area contributed by atoms with Gasteiger partial charge in [0, 0.05) is 0 Å². The highest BCUT2D eigenvalue weighted by atomic mass is 35.5. The lowest BCUT2D eigenvalue weighted by atomic mass is 9.78. The largest absolute Gasteiger partial charge is 0.432 e. The van der Waals surface area contributed by atoms with Crippen molar-refractivity contribution in [3.63, 3.8) is 0 Å². The molecule has 2 rings (SSSR count). The molecule has 1 aliphatic heterocycles. The van der Waals surface area contributed by atoms with Crippen molar-refractivity contribution in [2.24, 2.45) is 27.7 Å². The van der Waals surface area contributed by atoms with E-state index < -0.39 is 62.8 Å². The van der Waals surface area contributed by atoms with Gasteiger partial charge < -0.3 is 17.2 Å². The van der Waals surface area contributed by atoms with E-state index in [1.54, 1.807) is 0 Å². The molecule has 7 nitrogen and oxygen atoms in total. The summed E-state index contributed by atoms with van der Waals surface area (Å²) in [6, 6.07) is 0.708. The number of hydrogen-bond donors (Lipinski definition) is 3. The predicted octanol–water partition coefficient (Wildman–Crippen LogP) is 1.99. The molecule has 154 valence electrons. The van der Waals surface area contributed by atoms with Crippen LogP contribution in [0.5, 0.6) is 0 Å². The molecule has 1 unspecified atom stereocenters. The Morgan fingerprint density at radius 3 is 1.71 bits per heavy atom. The number of anilines is 1. The van der Waals surface area contributed by atoms with Crippen LogP contribution in [0.1, 0.15) is 5.56 Å². The molecule has 0 fully saturated rings. The summed E-state index contributed by atoms with van der Waals surface area (Å²) >= 11 is 11.5. The van der Waals surface area contributed by atoms with E-state index in [1.807, 2.05) is 0 Å². The predicted molar refractivity (Wildman–Crippen MR) is 86.2 cm³/mol. The van der Waals surface area contributed by atoms with Crippen molar-refractivity contribution in [2.75, 3.05) is 5.01 Å². The zero-order valence-corrected chi connectivity index (χ0v) is 14.7. The molecule has 1 aromatic carbocycles. The Morgan fingerprint density at radius 1 is 1.00 bits per heavy atom. The quantitative estimate of drug-likeness (QED) is 0.479. The zero-order valence-electron chi connectivity index (χ0n) is 13.2. The van der Waals surface area contributed by atoms with Gasteiger partial charge in [-0.3, -0.25) is 9.59 Å². The molecule has 0 aliphatic carbocycles. The topological polar surface area (TPSA) is 128 Å². The molecule has 0 radical (unpaired) electrons. The van der Waals surface area contributed by atoms with Crippen LogP contribution in [0.4, 0.5) is 32.0 Å². The Labute approximate surface area is 162 Å². The summed E-state index contributed by atoms with van der Waals surface area (Å²) in [6.45, 7) is 0. The first-order valence-corrected chi connectivity index (χ1v) is 7.69. The number of nitrogens with zero attached hydrogens (tertiary/aromatic N) is 2. The molecule has 0 bridgehead atoms. The van der Waals surface area contributed by atoms with Crippen LogP contribution in [0, 0.1) is 5.41 Å². The first-order chi connectivity index (χ1) is 12.6. The Balaban J connectivity index is 2.77. The third kappa shape index (κ3) is 3.22. The third-order valence-corrected chi connectivity index (χ3v) is 4.48. The van der Waals surface area contributed by atoms with Gasteiger partial charge in [0.15, 0.2) is 5.71 Å². The molecule has 28 heavy (non-hydrogen) atoms. The minimum Gasteiger partial charge on any atom is -0.368 e. The van der Waals surface area contributed by atoms with Crippen molar-refractivity contribution in [3.8, 4) is 0 Å². The molecule has 1 aliphatic rings. The van der Waals surface area contributed by atoms with Crippen LogP contribution in [0.3, 0.4) is 0 Å². The summed E-state index contributed by atoms with van der Waals surface area (Å²) in [5.74, 6) is -3.74. The summed E-state index contributed by atoms with van der Waals surface area (Å²) in [6.07, 6.45) is -12.6. The number of carbonyl (C=O) groups excluding carboxylic acids is 2. The van der Waals surface area contributed by atoms with E-state index in [2.05, 4.69) is 5.10 Å². The maximum absolute atomic E-state index is 13.4. The van der Waals surface area contributed by atoms with Crippen LogP contribution in [0.15, 0.2) is 17.2 Å². The minimum atomic E-state index is -5.40. The van der Waals surface area contributed by atoms with Gasteiger partial charge in [-0.25, -0.2) is 5.01 Å². The molecule has 2 amide bonds. The van der Waals surface area contributed by atoms with Crippen molar-refractivity contribution < 1.29 is 35.9 Å². The number of hydrazone groups is 1. The lowest BCUT2D eigenvalue weighted by molar-refractivity contribution is -0.139. The summed E-state index contributed by atoms with van der Waals surface area (Å²) in [5, 5.41) is 1.65. The molecule has 1 heterocycles. The van der Waals surface area contributed by atoms with Crippen LogP contribution < -0.4 is 22.2 Å². The number of amides is 2. The Bertz CT molecular complexity index is 848. The lowest BCUT2D eigenvalue weighted by Crippen LogP contribution is -2.65. The SMILES string of the molecule is NC(=O)C1(C(N)=O)C(C(F)(F)F)=NN(c2c(Cl)cc(C(F)(F)F)cc2Cl)C1N. The highest BCUT2D eigenvalue weighted by molar-refractivity contribution is 6.39. The first kappa shape index (κ1) is 22.0. The van der Waals surface area contributed by atoms with E-state index in [9.17, 15) is 35.9 Å². The Hall–Kier alpha value is -2.25. The van der Waals surface area contributed by atoms with Crippen molar-refractivity contribution in [1.29, 1.82) is 0 Å². The first-order valence-electron chi connectivity index (χ1n) is 6.93. The van der Waals surface area contributed by atoms with E-state index in [1.165, 1.54) is 0 Å². The van der Waals surface area contributed by atoms with Gasteiger partial charge >= 0.3 is 12.4 Å². The number of alkyl halides is 6. The molecule has 15 heteroatoms. The summed E-state index contributed by atoms with van der Waals surface area (Å²) < 4.78 is 78.7. The standard InChI is InChI=1S/C13H9Cl2F6N5O2/c14-4-1-3(12(16,17)18)2-5(15)6(4)26-8(22)11(9(23)27,10(24)28)7(25-26)13(19,20)21/h1-2,8H,22H2,(H2,23,27)(H2,24,28). The molecule has 0 spiro atoms. The van der Waals surface area contributed by atoms with E-state index in [0.717, 1.165) is 0 Å². The summed E-state index contributed by atoms with van der Waals surface area (Å²) in [7, 11) is 0. The highest BCUT2D eigenvalue weighted by Crippen LogP contribution is 2.46. The van der Waals surface area contributed by atoms with Crippen LogP contribution in [0.2, 0.25) is 10.0 Å². The fourth-order valence-corrected chi connectivity index (χ4v) is 3.30. The Kier molecular flexibility index (Phi) is 5.25. The van der Waals surface area contributed by atoms with Gasteiger partial charge in [0.2, 0.25) is 17.2 Å². The van der Waals surface area contributed by atoms with Crippen LogP contribution in [-0.2, 0) is 15.8 Å². The fourth-order valence-electron chi connectivity index (χ4n) is 2.64. The second-order valence-corrected chi connectivity index (χ2v) is 6.37. The average Bonchev–Trinajstić information content (AvgIpc) is 2.80. The van der Waals surface area contributed by atoms with Crippen LogP contribution in [-0.4, -0.2) is 29.9 Å². The van der Waals surface area contributed by atoms with Gasteiger partial charge in [0.05, 0.1) is 21.3 Å². The molecule has 0 saturated carbocycles. The van der Waals surface area contributed by atoms with Crippen LogP contribution in [0.25, 0.3) is 0 Å². The van der Waals surface area contributed by atoms with Crippen molar-refractivity contribution >= 4 is 46.4 Å². The third-order valence-electron chi connectivity index (χ3n) is 3.91. The van der Waals surface area contributed by atoms with Crippen molar-refractivity contribution in [3.05, 3.63) is 27.7 Å².